The number of rotatable bonds is 4. The van der Waals surface area contributed by atoms with Crippen molar-refractivity contribution in [2.24, 2.45) is 0 Å². The van der Waals surface area contributed by atoms with Crippen molar-refractivity contribution in [1.29, 1.82) is 0 Å². The molecule has 2 rings (SSSR count). The molecule has 17 heavy (non-hydrogen) atoms. The fourth-order valence-corrected chi connectivity index (χ4v) is 1.32. The summed E-state index contributed by atoms with van der Waals surface area (Å²) in [6.07, 6.45) is 0. The topological polar surface area (TPSA) is 65.2 Å². The minimum atomic E-state index is 0.0353. The molecule has 0 unspecified atom stereocenters. The SMILES string of the molecule is CC(=O)c1ccc(OCc2nonc2C)cc1. The number of benzene rings is 1. The van der Waals surface area contributed by atoms with Crippen LogP contribution in [0.15, 0.2) is 28.9 Å². The summed E-state index contributed by atoms with van der Waals surface area (Å²) in [6.45, 7) is 3.63. The number of aromatic nitrogens is 2. The molecule has 5 heteroatoms. The third kappa shape index (κ3) is 2.69. The first-order chi connectivity index (χ1) is 8.16. The van der Waals surface area contributed by atoms with Gasteiger partial charge < -0.3 is 4.74 Å². The van der Waals surface area contributed by atoms with Crippen LogP contribution in [0.25, 0.3) is 0 Å². The maximum Gasteiger partial charge on any atom is 0.159 e. The molecule has 0 N–H and O–H groups in total. The van der Waals surface area contributed by atoms with Crippen LogP contribution in [-0.2, 0) is 6.61 Å². The van der Waals surface area contributed by atoms with Crippen LogP contribution in [0.2, 0.25) is 0 Å². The number of hydrogen-bond donors (Lipinski definition) is 0. The predicted molar refractivity (Wildman–Crippen MR) is 59.8 cm³/mol. The number of carbonyl (C=O) groups excluding carboxylic acids is 1. The molecule has 5 nitrogen and oxygen atoms in total. The van der Waals surface area contributed by atoms with Gasteiger partial charge >= 0.3 is 0 Å². The fraction of sp³-hybridized carbons (Fsp3) is 0.250. The van der Waals surface area contributed by atoms with E-state index in [1.807, 2.05) is 0 Å². The standard InChI is InChI=1S/C12H12N2O3/c1-8-12(14-17-13-8)7-16-11-5-3-10(4-6-11)9(2)15/h3-6H,7H2,1-2H3. The van der Waals surface area contributed by atoms with E-state index in [1.165, 1.54) is 6.92 Å². The van der Waals surface area contributed by atoms with Gasteiger partial charge in [-0.25, -0.2) is 4.63 Å². The average Bonchev–Trinajstić information content (AvgIpc) is 2.73. The van der Waals surface area contributed by atoms with Gasteiger partial charge in [-0.1, -0.05) is 10.3 Å². The molecular formula is C12H12N2O3. The molecule has 0 atom stereocenters. The maximum absolute atomic E-state index is 11.1. The van der Waals surface area contributed by atoms with E-state index in [0.29, 0.717) is 29.3 Å². The molecule has 88 valence electrons. The van der Waals surface area contributed by atoms with Crippen LogP contribution in [0.3, 0.4) is 0 Å². The lowest BCUT2D eigenvalue weighted by atomic mass is 10.1. The molecular weight excluding hydrogens is 220 g/mol. The number of nitrogens with zero attached hydrogens (tertiary/aromatic N) is 2. The average molecular weight is 232 g/mol. The van der Waals surface area contributed by atoms with Gasteiger partial charge in [0.2, 0.25) is 0 Å². The van der Waals surface area contributed by atoms with Crippen molar-refractivity contribution in [1.82, 2.24) is 10.3 Å². The van der Waals surface area contributed by atoms with Crippen molar-refractivity contribution in [2.45, 2.75) is 20.5 Å². The van der Waals surface area contributed by atoms with Crippen LogP contribution in [-0.4, -0.2) is 16.1 Å². The maximum atomic E-state index is 11.1. The molecule has 0 bridgehead atoms. The van der Waals surface area contributed by atoms with Gasteiger partial charge in [-0.2, -0.15) is 0 Å². The van der Waals surface area contributed by atoms with E-state index >= 15 is 0 Å². The summed E-state index contributed by atoms with van der Waals surface area (Å²) in [6, 6.07) is 6.95. The number of ether oxygens (including phenoxy) is 1. The number of aryl methyl sites for hydroxylation is 1. The van der Waals surface area contributed by atoms with Crippen LogP contribution in [0.1, 0.15) is 28.7 Å². The molecule has 0 spiro atoms. The molecule has 0 aliphatic rings. The summed E-state index contributed by atoms with van der Waals surface area (Å²) < 4.78 is 10.1. The molecule has 1 aromatic carbocycles. The van der Waals surface area contributed by atoms with Crippen molar-refractivity contribution in [3.8, 4) is 5.75 Å². The van der Waals surface area contributed by atoms with E-state index in [1.54, 1.807) is 31.2 Å². The van der Waals surface area contributed by atoms with Crippen LogP contribution >= 0.6 is 0 Å². The van der Waals surface area contributed by atoms with Crippen molar-refractivity contribution >= 4 is 5.78 Å². The fourth-order valence-electron chi connectivity index (χ4n) is 1.32. The third-order valence-corrected chi connectivity index (χ3v) is 2.38. The van der Waals surface area contributed by atoms with Crippen molar-refractivity contribution < 1.29 is 14.2 Å². The minimum absolute atomic E-state index is 0.0353. The molecule has 0 aliphatic carbocycles. The zero-order chi connectivity index (χ0) is 12.3. The van der Waals surface area contributed by atoms with Crippen LogP contribution in [0.4, 0.5) is 0 Å². The summed E-state index contributed by atoms with van der Waals surface area (Å²) in [5.74, 6) is 0.713. The van der Waals surface area contributed by atoms with Gasteiger partial charge in [0.05, 0.1) is 0 Å². The number of carbonyl (C=O) groups is 1. The molecule has 0 saturated carbocycles. The Morgan fingerprint density at radius 1 is 1.29 bits per heavy atom. The van der Waals surface area contributed by atoms with E-state index in [-0.39, 0.29) is 5.78 Å². The zero-order valence-corrected chi connectivity index (χ0v) is 9.64. The number of hydrogen-bond acceptors (Lipinski definition) is 5. The highest BCUT2D eigenvalue weighted by Crippen LogP contribution is 2.14. The minimum Gasteiger partial charge on any atom is -0.487 e. The molecule has 0 amide bonds. The smallest absolute Gasteiger partial charge is 0.159 e. The second-order valence-electron chi connectivity index (χ2n) is 3.67. The largest absolute Gasteiger partial charge is 0.487 e. The lowest BCUT2D eigenvalue weighted by Crippen LogP contribution is -1.98. The second-order valence-corrected chi connectivity index (χ2v) is 3.67. The van der Waals surface area contributed by atoms with Crippen molar-refractivity contribution in [3.63, 3.8) is 0 Å². The van der Waals surface area contributed by atoms with Gasteiger partial charge in [-0.15, -0.1) is 0 Å². The van der Waals surface area contributed by atoms with E-state index in [9.17, 15) is 4.79 Å². The third-order valence-electron chi connectivity index (χ3n) is 2.38. The molecule has 0 aliphatic heterocycles. The van der Waals surface area contributed by atoms with Gasteiger partial charge in [0, 0.05) is 5.56 Å². The zero-order valence-electron chi connectivity index (χ0n) is 9.64. The molecule has 1 aromatic heterocycles. The highest BCUT2D eigenvalue weighted by Gasteiger charge is 2.06. The first kappa shape index (κ1) is 11.3. The Morgan fingerprint density at radius 3 is 2.53 bits per heavy atom. The molecule has 1 heterocycles. The molecule has 0 saturated heterocycles. The normalized spacial score (nSPS) is 10.2. The van der Waals surface area contributed by atoms with Gasteiger partial charge in [-0.05, 0) is 38.1 Å². The lowest BCUT2D eigenvalue weighted by Gasteiger charge is -2.04. The Bertz CT molecular complexity index is 517. The van der Waals surface area contributed by atoms with Crippen LogP contribution in [0.5, 0.6) is 5.75 Å². The van der Waals surface area contributed by atoms with Crippen LogP contribution in [0, 0.1) is 6.92 Å². The van der Waals surface area contributed by atoms with Gasteiger partial charge in [-0.3, -0.25) is 4.79 Å². The Labute approximate surface area is 98.4 Å². The first-order valence-electron chi connectivity index (χ1n) is 5.18. The Kier molecular flexibility index (Phi) is 3.18. The summed E-state index contributed by atoms with van der Waals surface area (Å²) in [5, 5.41) is 7.37. The molecule has 0 radical (unpaired) electrons. The Hall–Kier alpha value is -2.17. The van der Waals surface area contributed by atoms with Gasteiger partial charge in [0.15, 0.2) is 5.78 Å². The van der Waals surface area contributed by atoms with Gasteiger partial charge in [0.25, 0.3) is 0 Å². The predicted octanol–water partition coefficient (Wildman–Crippen LogP) is 2.16. The van der Waals surface area contributed by atoms with Crippen molar-refractivity contribution in [2.75, 3.05) is 0 Å². The summed E-state index contributed by atoms with van der Waals surface area (Å²) >= 11 is 0. The van der Waals surface area contributed by atoms with E-state index in [2.05, 4.69) is 14.9 Å². The highest BCUT2D eigenvalue weighted by atomic mass is 16.6. The quantitative estimate of drug-likeness (QED) is 0.756. The Balaban J connectivity index is 2.00. The number of Topliss-reactive ketones (excluding diaryl/α,β-unsaturated/α-hetero) is 1. The van der Waals surface area contributed by atoms with Crippen molar-refractivity contribution in [3.05, 3.63) is 41.2 Å². The van der Waals surface area contributed by atoms with E-state index in [4.69, 9.17) is 4.74 Å². The van der Waals surface area contributed by atoms with Crippen LogP contribution < -0.4 is 4.74 Å². The van der Waals surface area contributed by atoms with E-state index in [0.717, 1.165) is 0 Å². The number of ketones is 1. The van der Waals surface area contributed by atoms with Gasteiger partial charge in [0.1, 0.15) is 23.7 Å². The molecule has 0 fully saturated rings. The summed E-state index contributed by atoms with van der Waals surface area (Å²) in [4.78, 5) is 11.1. The monoisotopic (exact) mass is 232 g/mol. The Morgan fingerprint density at radius 2 is 2.00 bits per heavy atom. The summed E-state index contributed by atoms with van der Waals surface area (Å²) in [7, 11) is 0. The first-order valence-corrected chi connectivity index (χ1v) is 5.18. The second kappa shape index (κ2) is 4.78. The van der Waals surface area contributed by atoms with E-state index < -0.39 is 0 Å². The summed E-state index contributed by atoms with van der Waals surface area (Å²) in [5.41, 5.74) is 2.04. The highest BCUT2D eigenvalue weighted by molar-refractivity contribution is 5.94. The lowest BCUT2D eigenvalue weighted by molar-refractivity contribution is 0.101. The molecule has 2 aromatic rings.